The molecule has 1 aromatic carbocycles. The molecule has 1 atom stereocenters. The third-order valence-electron chi connectivity index (χ3n) is 5.45. The number of hydrogen-bond donors (Lipinski definition) is 1. The van der Waals surface area contributed by atoms with Crippen LogP contribution in [0.4, 0.5) is 0 Å². The van der Waals surface area contributed by atoms with Crippen LogP contribution in [0.1, 0.15) is 27.7 Å². The largest absolute Gasteiger partial charge is 0.482 e. The van der Waals surface area contributed by atoms with Crippen molar-refractivity contribution in [1.29, 1.82) is 0 Å². The molecule has 28 heavy (non-hydrogen) atoms. The highest BCUT2D eigenvalue weighted by atomic mass is 16.5. The summed E-state index contributed by atoms with van der Waals surface area (Å²) in [5.41, 5.74) is 5.06. The molecule has 4 heterocycles. The van der Waals surface area contributed by atoms with Gasteiger partial charge in [-0.2, -0.15) is 0 Å². The Morgan fingerprint density at radius 1 is 1.21 bits per heavy atom. The Labute approximate surface area is 163 Å². The lowest BCUT2D eigenvalue weighted by atomic mass is 10.0. The molecule has 2 aromatic rings. The van der Waals surface area contributed by atoms with Crippen LogP contribution in [0.5, 0.6) is 0 Å². The molecule has 0 bridgehead atoms. The van der Waals surface area contributed by atoms with Gasteiger partial charge in [-0.25, -0.2) is 0 Å². The summed E-state index contributed by atoms with van der Waals surface area (Å²) in [4.78, 5) is 16.7. The maximum Gasteiger partial charge on any atom is 0.287 e. The van der Waals surface area contributed by atoms with Gasteiger partial charge in [-0.05, 0) is 35.4 Å². The number of nitrogens with zero attached hydrogens (tertiary/aromatic N) is 2. The summed E-state index contributed by atoms with van der Waals surface area (Å²) >= 11 is 0. The first-order valence-corrected chi connectivity index (χ1v) is 9.38. The van der Waals surface area contributed by atoms with E-state index in [4.69, 9.17) is 9.15 Å². The molecule has 0 saturated heterocycles. The Morgan fingerprint density at radius 2 is 2.11 bits per heavy atom. The van der Waals surface area contributed by atoms with Crippen LogP contribution in [0.3, 0.4) is 0 Å². The van der Waals surface area contributed by atoms with Crippen molar-refractivity contribution in [2.75, 3.05) is 20.2 Å². The van der Waals surface area contributed by atoms with Gasteiger partial charge in [0.05, 0.1) is 30.8 Å². The van der Waals surface area contributed by atoms with Crippen molar-refractivity contribution >= 4 is 5.91 Å². The van der Waals surface area contributed by atoms with Crippen LogP contribution in [0.15, 0.2) is 82.6 Å². The van der Waals surface area contributed by atoms with Crippen molar-refractivity contribution in [2.24, 2.45) is 0 Å². The number of benzene rings is 1. The van der Waals surface area contributed by atoms with Crippen LogP contribution in [-0.4, -0.2) is 35.9 Å². The number of hydrogen-bond acceptors (Lipinski definition) is 5. The monoisotopic (exact) mass is 375 g/mol. The van der Waals surface area contributed by atoms with Crippen LogP contribution in [0.2, 0.25) is 0 Å². The van der Waals surface area contributed by atoms with E-state index < -0.39 is 0 Å². The third-order valence-corrected chi connectivity index (χ3v) is 5.45. The molecule has 3 aliphatic heterocycles. The fourth-order valence-corrected chi connectivity index (χ4v) is 4.17. The zero-order valence-corrected chi connectivity index (χ0v) is 15.6. The highest BCUT2D eigenvalue weighted by molar-refractivity contribution is 5.91. The van der Waals surface area contributed by atoms with E-state index >= 15 is 0 Å². The summed E-state index contributed by atoms with van der Waals surface area (Å²) < 4.78 is 10.7. The lowest BCUT2D eigenvalue weighted by Crippen LogP contribution is -2.36. The number of carbonyl (C=O) groups is 1. The number of fused-ring (bicyclic) bond motifs is 5. The van der Waals surface area contributed by atoms with Crippen molar-refractivity contribution in [3.05, 3.63) is 95.1 Å². The Morgan fingerprint density at radius 3 is 2.93 bits per heavy atom. The highest BCUT2D eigenvalue weighted by Gasteiger charge is 2.39. The summed E-state index contributed by atoms with van der Waals surface area (Å²) in [5.74, 6) is 0.881. The van der Waals surface area contributed by atoms with Gasteiger partial charge in [0.15, 0.2) is 11.6 Å². The smallest absolute Gasteiger partial charge is 0.287 e. The number of methoxy groups -OCH3 is 1. The molecule has 1 aromatic heterocycles. The second-order valence-electron chi connectivity index (χ2n) is 6.97. The molecule has 0 fully saturated rings. The molecule has 6 nitrogen and oxygen atoms in total. The third kappa shape index (κ3) is 2.60. The summed E-state index contributed by atoms with van der Waals surface area (Å²) in [7, 11) is 1.67. The first-order chi connectivity index (χ1) is 13.8. The molecule has 6 heteroatoms. The molecule has 5 rings (SSSR count). The molecular weight excluding hydrogens is 354 g/mol. The maximum absolute atomic E-state index is 12.1. The highest BCUT2D eigenvalue weighted by Crippen LogP contribution is 2.47. The van der Waals surface area contributed by atoms with Gasteiger partial charge in [0, 0.05) is 25.7 Å². The molecule has 0 saturated carbocycles. The van der Waals surface area contributed by atoms with Crippen LogP contribution < -0.4 is 5.32 Å². The van der Waals surface area contributed by atoms with E-state index in [-0.39, 0.29) is 11.9 Å². The zero-order chi connectivity index (χ0) is 19.1. The average Bonchev–Trinajstić information content (AvgIpc) is 3.44. The Hall–Kier alpha value is -3.41. The number of amides is 1. The predicted octanol–water partition coefficient (Wildman–Crippen LogP) is 3.15. The Balaban J connectivity index is 1.35. The van der Waals surface area contributed by atoms with Gasteiger partial charge in [-0.1, -0.05) is 24.3 Å². The van der Waals surface area contributed by atoms with Gasteiger partial charge in [-0.15, -0.1) is 0 Å². The van der Waals surface area contributed by atoms with Crippen LogP contribution in [-0.2, 0) is 11.3 Å². The summed E-state index contributed by atoms with van der Waals surface area (Å²) in [6.45, 7) is 2.00. The molecule has 3 aliphatic rings. The molecule has 1 unspecified atom stereocenters. The molecular formula is C22H21N3O3. The number of allylic oxidation sites excluding steroid dienone is 2. The lowest BCUT2D eigenvalue weighted by molar-refractivity contribution is 0.0919. The summed E-state index contributed by atoms with van der Waals surface area (Å²) in [6, 6.07) is 12.2. The number of furan rings is 1. The van der Waals surface area contributed by atoms with Gasteiger partial charge >= 0.3 is 0 Å². The number of rotatable bonds is 5. The quantitative estimate of drug-likeness (QED) is 0.870. The fraction of sp³-hybridized carbons (Fsp3) is 0.227. The Kier molecular flexibility index (Phi) is 3.97. The van der Waals surface area contributed by atoms with E-state index in [9.17, 15) is 4.79 Å². The van der Waals surface area contributed by atoms with E-state index in [1.54, 1.807) is 19.2 Å². The van der Waals surface area contributed by atoms with Gasteiger partial charge in [0.2, 0.25) is 0 Å². The van der Waals surface area contributed by atoms with Crippen LogP contribution >= 0.6 is 0 Å². The van der Waals surface area contributed by atoms with Crippen molar-refractivity contribution in [3.8, 4) is 0 Å². The van der Waals surface area contributed by atoms with Crippen molar-refractivity contribution in [2.45, 2.75) is 12.6 Å². The number of nitrogens with one attached hydrogen (secondary N) is 1. The van der Waals surface area contributed by atoms with Crippen LogP contribution in [0, 0.1) is 0 Å². The first kappa shape index (κ1) is 16.7. The second-order valence-corrected chi connectivity index (χ2v) is 6.97. The molecule has 0 aliphatic carbocycles. The molecule has 142 valence electrons. The maximum atomic E-state index is 12.1. The van der Waals surface area contributed by atoms with Crippen LogP contribution in [0.25, 0.3) is 0 Å². The van der Waals surface area contributed by atoms with Crippen molar-refractivity contribution < 1.29 is 13.9 Å². The minimum atomic E-state index is -0.212. The van der Waals surface area contributed by atoms with Gasteiger partial charge in [0.25, 0.3) is 5.91 Å². The number of ether oxygens (including phenoxy) is 1. The van der Waals surface area contributed by atoms with E-state index in [1.165, 1.54) is 23.1 Å². The predicted molar refractivity (Wildman–Crippen MR) is 104 cm³/mol. The molecule has 1 amide bonds. The van der Waals surface area contributed by atoms with Crippen molar-refractivity contribution in [3.63, 3.8) is 0 Å². The van der Waals surface area contributed by atoms with E-state index in [1.807, 2.05) is 6.08 Å². The Bertz CT molecular complexity index is 1000. The fourth-order valence-electron chi connectivity index (χ4n) is 4.17. The summed E-state index contributed by atoms with van der Waals surface area (Å²) in [5, 5.41) is 2.91. The molecule has 0 spiro atoms. The topological polar surface area (TPSA) is 58.0 Å². The first-order valence-electron chi connectivity index (χ1n) is 9.38. The van der Waals surface area contributed by atoms with E-state index in [0.717, 1.165) is 18.1 Å². The van der Waals surface area contributed by atoms with E-state index in [2.05, 4.69) is 51.5 Å². The molecule has 0 radical (unpaired) electrons. The van der Waals surface area contributed by atoms with Gasteiger partial charge < -0.3 is 24.3 Å². The number of carbonyl (C=O) groups excluding carboxylic acids is 1. The second kappa shape index (κ2) is 6.64. The standard InChI is InChI=1S/C22H21N3O3/c1-27-21-9-8-17-19(13-18-16-6-3-2-5-15(16)14-25(17)18)24(21)11-10-23-22(26)20-7-4-12-28-20/h2-9,12-13,18H,10-11,14H2,1H3,(H,23,26). The van der Waals surface area contributed by atoms with Gasteiger partial charge in [0.1, 0.15) is 0 Å². The minimum Gasteiger partial charge on any atom is -0.482 e. The van der Waals surface area contributed by atoms with Crippen molar-refractivity contribution in [1.82, 2.24) is 15.1 Å². The minimum absolute atomic E-state index is 0.212. The zero-order valence-electron chi connectivity index (χ0n) is 15.6. The summed E-state index contributed by atoms with van der Waals surface area (Å²) in [6.07, 6.45) is 7.90. The SMILES string of the molecule is COC1=CC=C2C(=CC3c4ccccc4CN23)N1CCNC(=O)c1ccco1. The van der Waals surface area contributed by atoms with E-state index in [0.29, 0.717) is 18.8 Å². The lowest BCUT2D eigenvalue weighted by Gasteiger charge is -2.32. The van der Waals surface area contributed by atoms with Gasteiger partial charge in [-0.3, -0.25) is 4.79 Å². The average molecular weight is 375 g/mol. The normalized spacial score (nSPS) is 19.3. The molecule has 1 N–H and O–H groups in total.